The summed E-state index contributed by atoms with van der Waals surface area (Å²) in [6.07, 6.45) is 8.89. The average Bonchev–Trinajstić information content (AvgIpc) is 3.47. The fraction of sp³-hybridized carbons (Fsp3) is 0.522. The minimum absolute atomic E-state index is 0.0348. The predicted octanol–water partition coefficient (Wildman–Crippen LogP) is 3.50. The third-order valence-corrected chi connectivity index (χ3v) is 7.60. The Labute approximate surface area is 185 Å². The normalized spacial score (nSPS) is 19.9. The van der Waals surface area contributed by atoms with Crippen molar-refractivity contribution >= 4 is 28.2 Å². The number of nitrogens with one attached hydrogen (secondary N) is 1. The smallest absolute Gasteiger partial charge is 0.257 e. The lowest BCUT2D eigenvalue weighted by molar-refractivity contribution is -0.0956. The molecule has 1 N–H and O–H groups in total. The Morgan fingerprint density at radius 3 is 2.65 bits per heavy atom. The number of carbonyl (C=O) groups excluding carboxylic acids is 2. The van der Waals surface area contributed by atoms with Crippen molar-refractivity contribution in [2.45, 2.75) is 44.8 Å². The molecule has 0 radical (unpaired) electrons. The first-order chi connectivity index (χ1) is 15.2. The van der Waals surface area contributed by atoms with E-state index in [1.807, 2.05) is 4.90 Å². The highest BCUT2D eigenvalue weighted by Crippen LogP contribution is 2.39. The molecule has 0 bridgehead atoms. The van der Waals surface area contributed by atoms with Gasteiger partial charge in [-0.25, -0.2) is 0 Å². The number of likely N-dealkylation sites (tertiary alicyclic amines) is 1. The van der Waals surface area contributed by atoms with E-state index in [1.54, 1.807) is 35.9 Å². The maximum atomic E-state index is 13.6. The summed E-state index contributed by atoms with van der Waals surface area (Å²) in [5, 5.41) is 3.69. The van der Waals surface area contributed by atoms with Crippen molar-refractivity contribution in [1.82, 2.24) is 9.88 Å². The Balaban J connectivity index is 1.35. The van der Waals surface area contributed by atoms with Crippen LogP contribution in [-0.4, -0.2) is 54.3 Å². The predicted molar refractivity (Wildman–Crippen MR) is 117 cm³/mol. The second-order valence-corrected chi connectivity index (χ2v) is 9.46. The summed E-state index contributed by atoms with van der Waals surface area (Å²) in [7, 11) is 0. The number of fused-ring (bicyclic) bond motifs is 1. The lowest BCUT2D eigenvalue weighted by Crippen LogP contribution is -2.42. The molecule has 0 atom stereocenters. The Hall–Kier alpha value is -2.29. The summed E-state index contributed by atoms with van der Waals surface area (Å²) in [5.41, 5.74) is 2.32. The van der Waals surface area contributed by atoms with Gasteiger partial charge >= 0.3 is 0 Å². The Morgan fingerprint density at radius 2 is 1.90 bits per heavy atom. The number of piperidine rings is 1. The summed E-state index contributed by atoms with van der Waals surface area (Å²) in [5.74, 6) is 0.148. The van der Waals surface area contributed by atoms with Crippen molar-refractivity contribution in [1.29, 1.82) is 0 Å². The van der Waals surface area contributed by atoms with E-state index in [0.717, 1.165) is 44.1 Å². The number of aryl methyl sites for hydroxylation is 1. The molecule has 164 valence electrons. The van der Waals surface area contributed by atoms with Crippen LogP contribution in [0.4, 0.5) is 5.00 Å². The van der Waals surface area contributed by atoms with Gasteiger partial charge in [0.05, 0.1) is 24.3 Å². The van der Waals surface area contributed by atoms with E-state index >= 15 is 0 Å². The first kappa shape index (κ1) is 20.6. The first-order valence-electron chi connectivity index (χ1n) is 11.1. The van der Waals surface area contributed by atoms with Crippen LogP contribution in [0.1, 0.15) is 56.8 Å². The number of thiophene rings is 1. The monoisotopic (exact) mass is 441 g/mol. The number of ether oxygens (including phenoxy) is 2. The molecule has 4 heterocycles. The average molecular weight is 442 g/mol. The number of amides is 2. The summed E-state index contributed by atoms with van der Waals surface area (Å²) >= 11 is 1.56. The minimum atomic E-state index is -0.227. The van der Waals surface area contributed by atoms with Crippen LogP contribution >= 0.6 is 11.3 Å². The van der Waals surface area contributed by atoms with E-state index in [4.69, 9.17) is 9.47 Å². The molecule has 2 aliphatic heterocycles. The molecule has 2 aromatic heterocycles. The van der Waals surface area contributed by atoms with E-state index in [9.17, 15) is 9.59 Å². The van der Waals surface area contributed by atoms with Crippen molar-refractivity contribution in [2.24, 2.45) is 5.92 Å². The summed E-state index contributed by atoms with van der Waals surface area (Å²) < 4.78 is 11.3. The molecule has 2 saturated heterocycles. The second kappa shape index (κ2) is 9.06. The standard InChI is InChI=1S/C23H27N3O4S/c27-20(16-4-3-9-24-14-16)25-21-19(17-5-1-2-6-18(17)31-21)22(28)26-10-7-15(8-11-26)23-29-12-13-30-23/h3-4,9,14-15,23H,1-2,5-8,10-13H2,(H,25,27). The summed E-state index contributed by atoms with van der Waals surface area (Å²) in [6.45, 7) is 2.69. The fourth-order valence-electron chi connectivity index (χ4n) is 4.73. The van der Waals surface area contributed by atoms with Crippen molar-refractivity contribution < 1.29 is 19.1 Å². The zero-order valence-corrected chi connectivity index (χ0v) is 18.3. The number of pyridine rings is 1. The van der Waals surface area contributed by atoms with Gasteiger partial charge < -0.3 is 19.7 Å². The molecule has 0 aromatic carbocycles. The van der Waals surface area contributed by atoms with Gasteiger partial charge in [0.1, 0.15) is 5.00 Å². The topological polar surface area (TPSA) is 80.8 Å². The summed E-state index contributed by atoms with van der Waals surface area (Å²) in [4.78, 5) is 33.6. The van der Waals surface area contributed by atoms with Crippen LogP contribution < -0.4 is 5.32 Å². The van der Waals surface area contributed by atoms with E-state index in [-0.39, 0.29) is 18.1 Å². The summed E-state index contributed by atoms with van der Waals surface area (Å²) in [6, 6.07) is 3.47. The number of hydrogen-bond acceptors (Lipinski definition) is 6. The Bertz CT molecular complexity index is 947. The van der Waals surface area contributed by atoms with Gasteiger partial charge in [-0.15, -0.1) is 11.3 Å². The van der Waals surface area contributed by atoms with Crippen molar-refractivity contribution in [3.8, 4) is 0 Å². The lowest BCUT2D eigenvalue weighted by Gasteiger charge is -2.34. The number of hydrogen-bond donors (Lipinski definition) is 1. The molecule has 5 rings (SSSR count). The maximum absolute atomic E-state index is 13.6. The highest BCUT2D eigenvalue weighted by molar-refractivity contribution is 7.17. The molecule has 0 spiro atoms. The number of nitrogens with zero attached hydrogens (tertiary/aromatic N) is 2. The van der Waals surface area contributed by atoms with Crippen LogP contribution in [-0.2, 0) is 22.3 Å². The molecule has 1 aliphatic carbocycles. The molecule has 8 heteroatoms. The van der Waals surface area contributed by atoms with Gasteiger partial charge in [0.2, 0.25) is 0 Å². The second-order valence-electron chi connectivity index (χ2n) is 8.35. The van der Waals surface area contributed by atoms with Gasteiger partial charge in [0, 0.05) is 36.3 Å². The number of carbonyl (C=O) groups is 2. The third-order valence-electron chi connectivity index (χ3n) is 6.40. The quantitative estimate of drug-likeness (QED) is 0.786. The van der Waals surface area contributed by atoms with Crippen molar-refractivity contribution in [3.63, 3.8) is 0 Å². The molecule has 3 aliphatic rings. The molecule has 31 heavy (non-hydrogen) atoms. The van der Waals surface area contributed by atoms with Gasteiger partial charge in [-0.05, 0) is 56.2 Å². The SMILES string of the molecule is O=C(Nc1sc2c(c1C(=O)N1CCC(C3OCCO3)CC1)CCCC2)c1cccnc1. The molecule has 2 fully saturated rings. The van der Waals surface area contributed by atoms with Crippen LogP contribution in [0.5, 0.6) is 0 Å². The van der Waals surface area contributed by atoms with Crippen LogP contribution in [0, 0.1) is 5.92 Å². The van der Waals surface area contributed by atoms with E-state index < -0.39 is 0 Å². The minimum Gasteiger partial charge on any atom is -0.350 e. The molecule has 0 unspecified atom stereocenters. The highest BCUT2D eigenvalue weighted by Gasteiger charge is 2.34. The maximum Gasteiger partial charge on any atom is 0.257 e. The highest BCUT2D eigenvalue weighted by atomic mass is 32.1. The van der Waals surface area contributed by atoms with Crippen molar-refractivity contribution in [3.05, 3.63) is 46.1 Å². The molecule has 7 nitrogen and oxygen atoms in total. The molecule has 2 amide bonds. The van der Waals surface area contributed by atoms with Gasteiger partial charge in [-0.1, -0.05) is 0 Å². The Kier molecular flexibility index (Phi) is 6.02. The number of aromatic nitrogens is 1. The third kappa shape index (κ3) is 4.24. The van der Waals surface area contributed by atoms with Crippen LogP contribution in [0.3, 0.4) is 0 Å². The van der Waals surface area contributed by atoms with E-state index in [2.05, 4.69) is 10.3 Å². The zero-order valence-electron chi connectivity index (χ0n) is 17.5. The molecular weight excluding hydrogens is 414 g/mol. The Morgan fingerprint density at radius 1 is 1.13 bits per heavy atom. The molecule has 2 aromatic rings. The van der Waals surface area contributed by atoms with Gasteiger partial charge in [0.15, 0.2) is 6.29 Å². The van der Waals surface area contributed by atoms with Crippen molar-refractivity contribution in [2.75, 3.05) is 31.6 Å². The van der Waals surface area contributed by atoms with Crippen LogP contribution in [0.15, 0.2) is 24.5 Å². The van der Waals surface area contributed by atoms with Gasteiger partial charge in [0.25, 0.3) is 11.8 Å². The van der Waals surface area contributed by atoms with E-state index in [0.29, 0.717) is 48.3 Å². The van der Waals surface area contributed by atoms with E-state index in [1.165, 1.54) is 4.88 Å². The van der Waals surface area contributed by atoms with Crippen LogP contribution in [0.2, 0.25) is 0 Å². The first-order valence-corrected chi connectivity index (χ1v) is 11.9. The lowest BCUT2D eigenvalue weighted by atomic mass is 9.93. The number of anilines is 1. The van der Waals surface area contributed by atoms with Gasteiger partial charge in [-0.2, -0.15) is 0 Å². The number of rotatable bonds is 4. The fourth-order valence-corrected chi connectivity index (χ4v) is 6.01. The zero-order chi connectivity index (χ0) is 21.2. The molecular formula is C23H27N3O4S. The largest absolute Gasteiger partial charge is 0.350 e. The molecule has 0 saturated carbocycles. The van der Waals surface area contributed by atoms with Crippen LogP contribution in [0.25, 0.3) is 0 Å². The van der Waals surface area contributed by atoms with Gasteiger partial charge in [-0.3, -0.25) is 14.6 Å².